The molecule has 2 rings (SSSR count). The number of methoxy groups -OCH3 is 1. The topological polar surface area (TPSA) is 83.3 Å². The summed E-state index contributed by atoms with van der Waals surface area (Å²) in [6, 6.07) is 13.9. The smallest absolute Gasteiger partial charge is 0.271 e. The molecule has 0 fully saturated rings. The Balaban J connectivity index is 2.19. The first-order valence-electron chi connectivity index (χ1n) is 6.59. The molecule has 1 amide bonds. The lowest BCUT2D eigenvalue weighted by Crippen LogP contribution is -2.20. The third-order valence-electron chi connectivity index (χ3n) is 2.93. The van der Waals surface area contributed by atoms with Gasteiger partial charge in [-0.25, -0.2) is 5.43 Å². The number of carbonyl (C=O) groups is 1. The van der Waals surface area contributed by atoms with Gasteiger partial charge in [-0.1, -0.05) is 27.2 Å². The highest BCUT2D eigenvalue weighted by Crippen LogP contribution is 2.13. The largest absolute Gasteiger partial charge is 0.497 e. The molecule has 2 aromatic rings. The normalized spacial score (nSPS) is 11.5. The Morgan fingerprint density at radius 2 is 1.96 bits per heavy atom. The molecule has 0 aliphatic carbocycles. The van der Waals surface area contributed by atoms with E-state index in [0.29, 0.717) is 22.6 Å². The first-order valence-corrected chi connectivity index (χ1v) is 7.39. The minimum atomic E-state index is -0.372. The lowest BCUT2D eigenvalue weighted by molar-refractivity contribution is 0.0955. The standard InChI is InChI=1S/C16H14BrN3O3/c1-23-14-7-5-11(6-8-14)15(10-18-22)19-20-16(21)12-3-2-4-13(17)9-12/h2-10,22H,1H3,(H,20,21). The predicted octanol–water partition coefficient (Wildman–Crippen LogP) is 3.05. The molecular formula is C16H14BrN3O3. The van der Waals surface area contributed by atoms with E-state index in [-0.39, 0.29) is 5.91 Å². The van der Waals surface area contributed by atoms with Crippen molar-refractivity contribution in [1.29, 1.82) is 0 Å². The second-order valence-electron chi connectivity index (χ2n) is 4.42. The molecular weight excluding hydrogens is 362 g/mol. The average Bonchev–Trinajstić information content (AvgIpc) is 2.58. The molecule has 0 bridgehead atoms. The summed E-state index contributed by atoms with van der Waals surface area (Å²) in [5.41, 5.74) is 3.86. The number of hydrogen-bond acceptors (Lipinski definition) is 5. The van der Waals surface area contributed by atoms with Gasteiger partial charge in [0.1, 0.15) is 11.5 Å². The number of amides is 1. The van der Waals surface area contributed by atoms with Crippen LogP contribution in [0.25, 0.3) is 0 Å². The van der Waals surface area contributed by atoms with Crippen LogP contribution in [0.2, 0.25) is 0 Å². The zero-order chi connectivity index (χ0) is 16.7. The van der Waals surface area contributed by atoms with Crippen LogP contribution in [0.5, 0.6) is 5.75 Å². The van der Waals surface area contributed by atoms with Crippen LogP contribution in [0.1, 0.15) is 15.9 Å². The van der Waals surface area contributed by atoms with Gasteiger partial charge in [-0.15, -0.1) is 0 Å². The molecule has 23 heavy (non-hydrogen) atoms. The summed E-state index contributed by atoms with van der Waals surface area (Å²) in [7, 11) is 1.57. The summed E-state index contributed by atoms with van der Waals surface area (Å²) in [6.45, 7) is 0. The molecule has 0 heterocycles. The van der Waals surface area contributed by atoms with Crippen LogP contribution in [0.4, 0.5) is 0 Å². The van der Waals surface area contributed by atoms with Crippen LogP contribution in [0, 0.1) is 0 Å². The van der Waals surface area contributed by atoms with E-state index in [1.165, 1.54) is 0 Å². The number of hydrazone groups is 1. The molecule has 0 unspecified atom stereocenters. The number of ether oxygens (including phenoxy) is 1. The number of rotatable bonds is 5. The highest BCUT2D eigenvalue weighted by molar-refractivity contribution is 9.10. The van der Waals surface area contributed by atoms with E-state index < -0.39 is 0 Å². The van der Waals surface area contributed by atoms with E-state index in [9.17, 15) is 4.79 Å². The van der Waals surface area contributed by atoms with Gasteiger partial charge >= 0.3 is 0 Å². The van der Waals surface area contributed by atoms with Crippen LogP contribution < -0.4 is 10.2 Å². The molecule has 0 spiro atoms. The molecule has 6 nitrogen and oxygen atoms in total. The molecule has 118 valence electrons. The Labute approximate surface area is 141 Å². The fourth-order valence-corrected chi connectivity index (χ4v) is 2.19. The molecule has 0 aliphatic heterocycles. The van der Waals surface area contributed by atoms with Crippen molar-refractivity contribution >= 4 is 33.8 Å². The van der Waals surface area contributed by atoms with Crippen LogP contribution in [0.15, 0.2) is 63.3 Å². The zero-order valence-electron chi connectivity index (χ0n) is 12.2. The third-order valence-corrected chi connectivity index (χ3v) is 3.42. The second kappa shape index (κ2) is 8.09. The van der Waals surface area contributed by atoms with E-state index >= 15 is 0 Å². The van der Waals surface area contributed by atoms with Crippen LogP contribution in [0.3, 0.4) is 0 Å². The fraction of sp³-hybridized carbons (Fsp3) is 0.0625. The molecule has 0 saturated carbocycles. The van der Waals surface area contributed by atoms with E-state index in [4.69, 9.17) is 9.94 Å². The first kappa shape index (κ1) is 16.7. The van der Waals surface area contributed by atoms with E-state index in [2.05, 4.69) is 31.6 Å². The summed E-state index contributed by atoms with van der Waals surface area (Å²) >= 11 is 3.30. The number of nitrogens with zero attached hydrogens (tertiary/aromatic N) is 2. The summed E-state index contributed by atoms with van der Waals surface area (Å²) < 4.78 is 5.87. The minimum absolute atomic E-state index is 0.304. The van der Waals surface area contributed by atoms with Crippen molar-refractivity contribution in [2.75, 3.05) is 7.11 Å². The predicted molar refractivity (Wildman–Crippen MR) is 91.4 cm³/mol. The second-order valence-corrected chi connectivity index (χ2v) is 5.34. The number of nitrogens with one attached hydrogen (secondary N) is 1. The lowest BCUT2D eigenvalue weighted by Gasteiger charge is -2.05. The van der Waals surface area contributed by atoms with Crippen LogP contribution in [-0.4, -0.2) is 30.2 Å². The Bertz CT molecular complexity index is 742. The number of benzene rings is 2. The van der Waals surface area contributed by atoms with Crippen LogP contribution in [-0.2, 0) is 0 Å². The Morgan fingerprint density at radius 3 is 2.57 bits per heavy atom. The van der Waals surface area contributed by atoms with Gasteiger partial charge in [0, 0.05) is 15.6 Å². The van der Waals surface area contributed by atoms with E-state index in [0.717, 1.165) is 10.7 Å². The number of carbonyl (C=O) groups excluding carboxylic acids is 1. The van der Waals surface area contributed by atoms with Crippen molar-refractivity contribution in [2.45, 2.75) is 0 Å². The van der Waals surface area contributed by atoms with Gasteiger partial charge in [0.05, 0.1) is 13.3 Å². The van der Waals surface area contributed by atoms with Crippen molar-refractivity contribution in [3.63, 3.8) is 0 Å². The maximum Gasteiger partial charge on any atom is 0.271 e. The van der Waals surface area contributed by atoms with Crippen molar-refractivity contribution in [2.24, 2.45) is 10.3 Å². The van der Waals surface area contributed by atoms with Crippen molar-refractivity contribution < 1.29 is 14.7 Å². The first-order chi connectivity index (χ1) is 11.1. The SMILES string of the molecule is COc1ccc(C(C=NO)=NNC(=O)c2cccc(Br)c2)cc1. The van der Waals surface area contributed by atoms with Gasteiger partial charge in [-0.05, 0) is 42.5 Å². The number of halogens is 1. The number of hydrogen-bond donors (Lipinski definition) is 2. The maximum absolute atomic E-state index is 12.1. The molecule has 0 atom stereocenters. The lowest BCUT2D eigenvalue weighted by atomic mass is 10.1. The Kier molecular flexibility index (Phi) is 5.87. The molecule has 0 radical (unpaired) electrons. The molecule has 0 saturated heterocycles. The quantitative estimate of drug-likeness (QED) is 0.478. The van der Waals surface area contributed by atoms with E-state index in [1.807, 2.05) is 6.07 Å². The monoisotopic (exact) mass is 375 g/mol. The van der Waals surface area contributed by atoms with Gasteiger partial charge in [0.15, 0.2) is 0 Å². The molecule has 2 N–H and O–H groups in total. The third kappa shape index (κ3) is 4.65. The van der Waals surface area contributed by atoms with Gasteiger partial charge in [0.25, 0.3) is 5.91 Å². The Morgan fingerprint density at radius 1 is 1.22 bits per heavy atom. The van der Waals surface area contributed by atoms with Gasteiger partial charge in [-0.3, -0.25) is 4.79 Å². The summed E-state index contributed by atoms with van der Waals surface area (Å²) in [4.78, 5) is 12.1. The average molecular weight is 376 g/mol. The van der Waals surface area contributed by atoms with Crippen LogP contribution >= 0.6 is 15.9 Å². The van der Waals surface area contributed by atoms with Gasteiger partial charge in [0.2, 0.25) is 0 Å². The molecule has 7 heteroatoms. The van der Waals surface area contributed by atoms with Crippen molar-refractivity contribution in [3.05, 3.63) is 64.1 Å². The molecule has 2 aromatic carbocycles. The highest BCUT2D eigenvalue weighted by Gasteiger charge is 2.07. The van der Waals surface area contributed by atoms with E-state index in [1.54, 1.807) is 49.6 Å². The summed E-state index contributed by atoms with van der Waals surface area (Å²) in [5.74, 6) is 0.316. The van der Waals surface area contributed by atoms with Gasteiger partial charge in [-0.2, -0.15) is 5.10 Å². The van der Waals surface area contributed by atoms with Gasteiger partial charge < -0.3 is 9.94 Å². The summed E-state index contributed by atoms with van der Waals surface area (Å²) in [5, 5.41) is 15.7. The Hall–Kier alpha value is -2.67. The zero-order valence-corrected chi connectivity index (χ0v) is 13.8. The molecule has 0 aromatic heterocycles. The highest BCUT2D eigenvalue weighted by atomic mass is 79.9. The van der Waals surface area contributed by atoms with Crippen molar-refractivity contribution in [3.8, 4) is 5.75 Å². The summed E-state index contributed by atoms with van der Waals surface area (Å²) in [6.07, 6.45) is 1.14. The van der Waals surface area contributed by atoms with Crippen molar-refractivity contribution in [1.82, 2.24) is 5.43 Å². The minimum Gasteiger partial charge on any atom is -0.497 e. The molecule has 0 aliphatic rings. The number of oxime groups is 1. The fourth-order valence-electron chi connectivity index (χ4n) is 1.79. The maximum atomic E-state index is 12.1.